The van der Waals surface area contributed by atoms with Crippen LogP contribution in [0.5, 0.6) is 0 Å². The van der Waals surface area contributed by atoms with Crippen LogP contribution in [0.1, 0.15) is 23.6 Å². The molecular weight excluding hydrogens is 825 g/mol. The Hall–Kier alpha value is -8.60. The van der Waals surface area contributed by atoms with Gasteiger partial charge in [-0.1, -0.05) is 177 Å². The van der Waals surface area contributed by atoms with Gasteiger partial charge < -0.3 is 9.13 Å². The quantitative estimate of drug-likeness (QED) is 0.165. The second-order valence-electron chi connectivity index (χ2n) is 19.0. The summed E-state index contributed by atoms with van der Waals surface area (Å²) in [4.78, 5) is 11.3. The second-order valence-corrected chi connectivity index (χ2v) is 19.0. The van der Waals surface area contributed by atoms with Gasteiger partial charge in [0.2, 0.25) is 0 Å². The first-order valence-electron chi connectivity index (χ1n) is 23.8. The van der Waals surface area contributed by atoms with Crippen LogP contribution in [0, 0.1) is 11.8 Å². The third-order valence-corrected chi connectivity index (χ3v) is 15.4. The molecule has 318 valence electrons. The highest BCUT2D eigenvalue weighted by Gasteiger charge is 2.67. The molecule has 0 radical (unpaired) electrons. The molecule has 1 saturated carbocycles. The Kier molecular flexibility index (Phi) is 7.72. The first-order chi connectivity index (χ1) is 33.6. The summed E-state index contributed by atoms with van der Waals surface area (Å²) in [5.74, 6) is 1.16. The largest absolute Gasteiger partial charge is 0.309 e. The van der Waals surface area contributed by atoms with E-state index >= 15 is 0 Å². The van der Waals surface area contributed by atoms with Gasteiger partial charge in [-0.3, -0.25) is 4.99 Å². The Morgan fingerprint density at radius 3 is 1.82 bits per heavy atom. The molecular formula is C64H42N4. The maximum absolute atomic E-state index is 5.65. The van der Waals surface area contributed by atoms with Gasteiger partial charge in [-0.25, -0.2) is 4.99 Å². The summed E-state index contributed by atoms with van der Waals surface area (Å²) in [7, 11) is 0. The molecule has 0 N–H and O–H groups in total. The van der Waals surface area contributed by atoms with Crippen LogP contribution in [-0.4, -0.2) is 20.7 Å². The minimum absolute atomic E-state index is 0.119. The third kappa shape index (κ3) is 5.26. The van der Waals surface area contributed by atoms with Crippen LogP contribution in [0.15, 0.2) is 234 Å². The van der Waals surface area contributed by atoms with Crippen molar-refractivity contribution >= 4 is 98.2 Å². The standard InChI is InChI=1S/C64H42N4/c1-39-61-62(65-63(66-64(39,61)48-21-3-2-4-22-48)46-28-27-40-15-5-7-18-43(40)33-46)47-34-45-20-10-11-23-50(45)57(36-47)68-55-26-14-13-25-52(55)53-37-54-59(38-58(53)68)67(49-31-29-41-16-6-8-19-44(41)35-49)56-32-30-42-17-9-12-24-51(42)60(54)56/h2-39,61H,1H3. The van der Waals surface area contributed by atoms with Gasteiger partial charge in [0.05, 0.1) is 33.5 Å². The fourth-order valence-corrected chi connectivity index (χ4v) is 12.2. The summed E-state index contributed by atoms with van der Waals surface area (Å²) in [5.41, 5.74) is 11.1. The molecule has 4 nitrogen and oxygen atoms in total. The lowest BCUT2D eigenvalue weighted by atomic mass is 9.93. The zero-order valence-corrected chi connectivity index (χ0v) is 37.3. The van der Waals surface area contributed by atoms with E-state index in [0.717, 1.165) is 39.6 Å². The van der Waals surface area contributed by atoms with E-state index < -0.39 is 5.54 Å². The number of amidine groups is 1. The molecule has 3 heterocycles. The monoisotopic (exact) mass is 866 g/mol. The van der Waals surface area contributed by atoms with Crippen molar-refractivity contribution < 1.29 is 0 Å². The van der Waals surface area contributed by atoms with Crippen molar-refractivity contribution in [1.82, 2.24) is 9.13 Å². The van der Waals surface area contributed by atoms with Gasteiger partial charge in [0, 0.05) is 44.1 Å². The molecule has 2 aromatic heterocycles. The smallest absolute Gasteiger partial charge is 0.155 e. The van der Waals surface area contributed by atoms with Gasteiger partial charge in [-0.05, 0) is 109 Å². The molecule has 68 heavy (non-hydrogen) atoms. The van der Waals surface area contributed by atoms with Crippen LogP contribution >= 0.6 is 0 Å². The first-order valence-corrected chi connectivity index (χ1v) is 23.8. The average molecular weight is 867 g/mol. The Morgan fingerprint density at radius 2 is 1.01 bits per heavy atom. The molecule has 13 aromatic rings. The van der Waals surface area contributed by atoms with Crippen molar-refractivity contribution in [2.24, 2.45) is 21.8 Å². The van der Waals surface area contributed by atoms with Crippen molar-refractivity contribution in [1.29, 1.82) is 0 Å². The van der Waals surface area contributed by atoms with Crippen LogP contribution in [0.3, 0.4) is 0 Å². The number of hydrogen-bond acceptors (Lipinski definition) is 2. The zero-order chi connectivity index (χ0) is 44.7. The lowest BCUT2D eigenvalue weighted by molar-refractivity contribution is 0.656. The predicted octanol–water partition coefficient (Wildman–Crippen LogP) is 15.9. The molecule has 1 fully saturated rings. The van der Waals surface area contributed by atoms with Gasteiger partial charge in [-0.15, -0.1) is 0 Å². The van der Waals surface area contributed by atoms with Crippen molar-refractivity contribution in [2.45, 2.75) is 12.5 Å². The fraction of sp³-hybridized carbons (Fsp3) is 0.0625. The molecule has 11 aromatic carbocycles. The van der Waals surface area contributed by atoms with Crippen molar-refractivity contribution in [3.05, 3.63) is 241 Å². The molecule has 0 amide bonds. The van der Waals surface area contributed by atoms with Gasteiger partial charge in [-0.2, -0.15) is 0 Å². The molecule has 3 atom stereocenters. The molecule has 4 heteroatoms. The highest BCUT2D eigenvalue weighted by molar-refractivity contribution is 6.26. The molecule has 2 aliphatic rings. The number of hydrogen-bond donors (Lipinski definition) is 0. The van der Waals surface area contributed by atoms with Crippen molar-refractivity contribution in [2.75, 3.05) is 0 Å². The van der Waals surface area contributed by atoms with Crippen LogP contribution < -0.4 is 0 Å². The molecule has 1 aliphatic carbocycles. The molecule has 0 spiro atoms. The number of nitrogens with zero attached hydrogens (tertiary/aromatic N) is 4. The van der Waals surface area contributed by atoms with Crippen molar-refractivity contribution in [3.63, 3.8) is 0 Å². The SMILES string of the molecule is CC1C2C(c3cc(-n4c5ccccc5c5cc6c7c8ccccc8ccc7n(-c7ccc8ccccc8c7)c6cc54)c4ccccc4c3)=NC(c3ccc4ccccc4c3)=NC12c1ccccc1. The van der Waals surface area contributed by atoms with Gasteiger partial charge in [0.1, 0.15) is 5.54 Å². The van der Waals surface area contributed by atoms with Crippen LogP contribution in [0.2, 0.25) is 0 Å². The molecule has 1 aliphatic heterocycles. The maximum Gasteiger partial charge on any atom is 0.155 e. The van der Waals surface area contributed by atoms with Gasteiger partial charge in [0.15, 0.2) is 5.84 Å². The van der Waals surface area contributed by atoms with E-state index in [9.17, 15) is 0 Å². The number of aliphatic imine (C=N–C) groups is 2. The molecule has 0 bridgehead atoms. The Labute approximate surface area is 392 Å². The van der Waals surface area contributed by atoms with E-state index in [1.807, 2.05) is 0 Å². The minimum atomic E-state index is -0.413. The zero-order valence-electron chi connectivity index (χ0n) is 37.3. The number of aromatic nitrogens is 2. The Balaban J connectivity index is 1.01. The third-order valence-electron chi connectivity index (χ3n) is 15.4. The second kappa shape index (κ2) is 14.0. The maximum atomic E-state index is 5.65. The summed E-state index contributed by atoms with van der Waals surface area (Å²) in [6.07, 6.45) is 0. The van der Waals surface area contributed by atoms with E-state index in [1.165, 1.54) is 86.7 Å². The van der Waals surface area contributed by atoms with E-state index in [-0.39, 0.29) is 11.8 Å². The summed E-state index contributed by atoms with van der Waals surface area (Å²) < 4.78 is 5.01. The topological polar surface area (TPSA) is 34.6 Å². The van der Waals surface area contributed by atoms with Crippen LogP contribution in [0.4, 0.5) is 0 Å². The minimum Gasteiger partial charge on any atom is -0.309 e. The summed E-state index contributed by atoms with van der Waals surface area (Å²) in [6.45, 7) is 2.36. The summed E-state index contributed by atoms with van der Waals surface area (Å²) >= 11 is 0. The van der Waals surface area contributed by atoms with Crippen LogP contribution in [-0.2, 0) is 5.54 Å². The highest BCUT2D eigenvalue weighted by atomic mass is 15.1. The van der Waals surface area contributed by atoms with E-state index in [0.29, 0.717) is 0 Å². The summed E-state index contributed by atoms with van der Waals surface area (Å²) in [6, 6.07) is 82.6. The normalized spacial score (nSPS) is 18.0. The Bertz CT molecular complexity index is 4360. The number of para-hydroxylation sites is 1. The first kappa shape index (κ1) is 37.6. The van der Waals surface area contributed by atoms with Crippen molar-refractivity contribution in [3.8, 4) is 11.4 Å². The lowest BCUT2D eigenvalue weighted by Gasteiger charge is -2.22. The fourth-order valence-electron chi connectivity index (χ4n) is 12.2. The molecule has 3 unspecified atom stereocenters. The predicted molar refractivity (Wildman–Crippen MR) is 285 cm³/mol. The Morgan fingerprint density at radius 1 is 0.397 bits per heavy atom. The average Bonchev–Trinajstić information content (AvgIpc) is 3.69. The number of fused-ring (bicyclic) bond motifs is 12. The number of rotatable bonds is 5. The van der Waals surface area contributed by atoms with E-state index in [4.69, 9.17) is 9.98 Å². The van der Waals surface area contributed by atoms with Gasteiger partial charge in [0.25, 0.3) is 0 Å². The number of benzene rings is 11. The lowest BCUT2D eigenvalue weighted by Crippen LogP contribution is -2.23. The molecule has 0 saturated heterocycles. The highest BCUT2D eigenvalue weighted by Crippen LogP contribution is 2.64. The molecule has 15 rings (SSSR count). The summed E-state index contributed by atoms with van der Waals surface area (Å²) in [5, 5.41) is 14.7. The van der Waals surface area contributed by atoms with Crippen LogP contribution in [0.25, 0.3) is 98.1 Å². The van der Waals surface area contributed by atoms with E-state index in [2.05, 4.69) is 241 Å². The van der Waals surface area contributed by atoms with E-state index in [1.54, 1.807) is 0 Å². The van der Waals surface area contributed by atoms with Gasteiger partial charge >= 0.3 is 0 Å².